The van der Waals surface area contributed by atoms with Crippen LogP contribution in [0.2, 0.25) is 0 Å². The highest BCUT2D eigenvalue weighted by atomic mass is 19.1. The molecular formula is C17H19F2NO2. The van der Waals surface area contributed by atoms with E-state index < -0.39 is 11.6 Å². The van der Waals surface area contributed by atoms with Crippen LogP contribution in [0.5, 0.6) is 5.75 Å². The van der Waals surface area contributed by atoms with Crippen LogP contribution in [-0.4, -0.2) is 12.2 Å². The Kier molecular flexibility index (Phi) is 5.46. The van der Waals surface area contributed by atoms with Crippen LogP contribution in [0.1, 0.15) is 29.7 Å². The number of benzene rings is 2. The van der Waals surface area contributed by atoms with E-state index in [1.54, 1.807) is 24.3 Å². The molecule has 2 rings (SSSR count). The maximum Gasteiger partial charge on any atom is 0.165 e. The lowest BCUT2D eigenvalue weighted by Gasteiger charge is -2.16. The van der Waals surface area contributed by atoms with Crippen molar-refractivity contribution in [3.8, 4) is 5.75 Å². The Morgan fingerprint density at radius 1 is 1.14 bits per heavy atom. The van der Waals surface area contributed by atoms with Gasteiger partial charge in [0.1, 0.15) is 5.82 Å². The van der Waals surface area contributed by atoms with Crippen LogP contribution in [0.3, 0.4) is 0 Å². The number of ether oxygens (including phenoxy) is 1. The van der Waals surface area contributed by atoms with E-state index in [-0.39, 0.29) is 24.0 Å². The number of hydrogen-bond acceptors (Lipinski definition) is 3. The van der Waals surface area contributed by atoms with Gasteiger partial charge in [0.25, 0.3) is 0 Å². The van der Waals surface area contributed by atoms with Crippen molar-refractivity contribution in [1.82, 2.24) is 5.32 Å². The van der Waals surface area contributed by atoms with Crippen LogP contribution in [-0.2, 0) is 13.2 Å². The quantitative estimate of drug-likeness (QED) is 0.860. The van der Waals surface area contributed by atoms with Gasteiger partial charge in [0.15, 0.2) is 11.6 Å². The average molecular weight is 307 g/mol. The molecule has 2 aromatic carbocycles. The Hall–Kier alpha value is -1.98. The zero-order valence-corrected chi connectivity index (χ0v) is 12.6. The van der Waals surface area contributed by atoms with Gasteiger partial charge in [0, 0.05) is 18.2 Å². The summed E-state index contributed by atoms with van der Waals surface area (Å²) in [6.45, 7) is 2.13. The molecule has 5 heteroatoms. The normalized spacial score (nSPS) is 12.2. The molecule has 22 heavy (non-hydrogen) atoms. The molecule has 1 unspecified atom stereocenters. The van der Waals surface area contributed by atoms with Gasteiger partial charge in [-0.2, -0.15) is 0 Å². The molecule has 2 N–H and O–H groups in total. The minimum Gasteiger partial charge on any atom is -0.494 e. The first-order valence-corrected chi connectivity index (χ1v) is 7.00. The number of hydrogen-bond donors (Lipinski definition) is 2. The van der Waals surface area contributed by atoms with Crippen molar-refractivity contribution in [2.75, 3.05) is 7.11 Å². The van der Waals surface area contributed by atoms with Gasteiger partial charge in [-0.05, 0) is 42.3 Å². The molecule has 0 bridgehead atoms. The smallest absolute Gasteiger partial charge is 0.165 e. The Bertz CT molecular complexity index is 647. The Labute approximate surface area is 128 Å². The van der Waals surface area contributed by atoms with Gasteiger partial charge >= 0.3 is 0 Å². The molecule has 0 amide bonds. The predicted molar refractivity (Wildman–Crippen MR) is 80.5 cm³/mol. The predicted octanol–water partition coefficient (Wildman–Crippen LogP) is 3.32. The monoisotopic (exact) mass is 307 g/mol. The molecular weight excluding hydrogens is 288 g/mol. The molecule has 0 saturated carbocycles. The van der Waals surface area contributed by atoms with Crippen LogP contribution in [0.15, 0.2) is 36.4 Å². The first-order chi connectivity index (χ1) is 10.5. The van der Waals surface area contributed by atoms with Crippen molar-refractivity contribution in [1.29, 1.82) is 0 Å². The zero-order valence-electron chi connectivity index (χ0n) is 12.6. The van der Waals surface area contributed by atoms with E-state index in [0.717, 1.165) is 11.1 Å². The van der Waals surface area contributed by atoms with Crippen molar-refractivity contribution in [3.05, 3.63) is 64.7 Å². The van der Waals surface area contributed by atoms with Gasteiger partial charge in [0.2, 0.25) is 0 Å². The van der Waals surface area contributed by atoms with Gasteiger partial charge in [-0.3, -0.25) is 0 Å². The molecule has 0 aliphatic rings. The molecule has 0 radical (unpaired) electrons. The molecule has 0 heterocycles. The van der Waals surface area contributed by atoms with E-state index >= 15 is 0 Å². The average Bonchev–Trinajstić information content (AvgIpc) is 2.54. The summed E-state index contributed by atoms with van der Waals surface area (Å²) in [5.74, 6) is -0.609. The van der Waals surface area contributed by atoms with Crippen LogP contribution in [0.25, 0.3) is 0 Å². The highest BCUT2D eigenvalue weighted by Gasteiger charge is 2.10. The van der Waals surface area contributed by atoms with Crippen LogP contribution < -0.4 is 10.1 Å². The minimum atomic E-state index is -0.414. The summed E-state index contributed by atoms with van der Waals surface area (Å²) in [4.78, 5) is 0. The second-order valence-electron chi connectivity index (χ2n) is 5.08. The highest BCUT2D eigenvalue weighted by molar-refractivity contribution is 5.32. The summed E-state index contributed by atoms with van der Waals surface area (Å²) >= 11 is 0. The first-order valence-electron chi connectivity index (χ1n) is 7.00. The third-order valence-electron chi connectivity index (χ3n) is 3.57. The molecule has 0 saturated heterocycles. The van der Waals surface area contributed by atoms with Crippen molar-refractivity contribution in [3.63, 3.8) is 0 Å². The Morgan fingerprint density at radius 2 is 1.86 bits per heavy atom. The lowest BCUT2D eigenvalue weighted by Crippen LogP contribution is -2.18. The van der Waals surface area contributed by atoms with Gasteiger partial charge in [-0.15, -0.1) is 0 Å². The second kappa shape index (κ2) is 7.33. The maximum atomic E-state index is 13.4. The van der Waals surface area contributed by atoms with Crippen molar-refractivity contribution in [2.45, 2.75) is 26.1 Å². The molecule has 0 spiro atoms. The largest absolute Gasteiger partial charge is 0.494 e. The maximum absolute atomic E-state index is 13.4. The fourth-order valence-corrected chi connectivity index (χ4v) is 2.19. The van der Waals surface area contributed by atoms with Gasteiger partial charge in [-0.1, -0.05) is 12.1 Å². The van der Waals surface area contributed by atoms with Crippen molar-refractivity contribution in [2.24, 2.45) is 0 Å². The zero-order chi connectivity index (χ0) is 16.1. The SMILES string of the molecule is COc1cc(C(C)NCc2ccc(F)c(CO)c2)ccc1F. The van der Waals surface area contributed by atoms with Gasteiger partial charge in [0.05, 0.1) is 13.7 Å². The molecule has 118 valence electrons. The number of aliphatic hydroxyl groups excluding tert-OH is 1. The first kappa shape index (κ1) is 16.4. The van der Waals surface area contributed by atoms with E-state index in [4.69, 9.17) is 9.84 Å². The number of methoxy groups -OCH3 is 1. The standard InChI is InChI=1S/C17H19F2NO2/c1-11(13-4-6-16(19)17(8-13)22-2)20-9-12-3-5-15(18)14(7-12)10-21/h3-8,11,20-21H,9-10H2,1-2H3. The van der Waals surface area contributed by atoms with E-state index in [0.29, 0.717) is 6.54 Å². The van der Waals surface area contributed by atoms with E-state index in [9.17, 15) is 8.78 Å². The van der Waals surface area contributed by atoms with E-state index in [2.05, 4.69) is 5.32 Å². The molecule has 0 aromatic heterocycles. The number of halogens is 2. The second-order valence-corrected chi connectivity index (χ2v) is 5.08. The van der Waals surface area contributed by atoms with Gasteiger partial charge in [-0.25, -0.2) is 8.78 Å². The molecule has 0 aliphatic carbocycles. The van der Waals surface area contributed by atoms with Crippen LogP contribution in [0, 0.1) is 11.6 Å². The number of aliphatic hydroxyl groups is 1. The highest BCUT2D eigenvalue weighted by Crippen LogP contribution is 2.22. The minimum absolute atomic E-state index is 0.0304. The Morgan fingerprint density at radius 3 is 2.55 bits per heavy atom. The lowest BCUT2D eigenvalue weighted by atomic mass is 10.1. The molecule has 3 nitrogen and oxygen atoms in total. The van der Waals surface area contributed by atoms with Gasteiger partial charge < -0.3 is 15.2 Å². The van der Waals surface area contributed by atoms with Crippen LogP contribution >= 0.6 is 0 Å². The summed E-state index contributed by atoms with van der Waals surface area (Å²) < 4.78 is 31.7. The summed E-state index contributed by atoms with van der Waals surface area (Å²) in [6.07, 6.45) is 0. The lowest BCUT2D eigenvalue weighted by molar-refractivity contribution is 0.275. The summed E-state index contributed by atoms with van der Waals surface area (Å²) in [7, 11) is 1.43. The fraction of sp³-hybridized carbons (Fsp3) is 0.294. The van der Waals surface area contributed by atoms with E-state index in [1.807, 2.05) is 6.92 Å². The van der Waals surface area contributed by atoms with E-state index in [1.165, 1.54) is 19.2 Å². The summed E-state index contributed by atoms with van der Waals surface area (Å²) in [5, 5.41) is 12.3. The fourth-order valence-electron chi connectivity index (χ4n) is 2.19. The third-order valence-corrected chi connectivity index (χ3v) is 3.57. The number of nitrogens with one attached hydrogen (secondary N) is 1. The third kappa shape index (κ3) is 3.81. The molecule has 2 aromatic rings. The molecule has 1 atom stereocenters. The number of rotatable bonds is 6. The summed E-state index contributed by atoms with van der Waals surface area (Å²) in [5.41, 5.74) is 2.03. The molecule has 0 fully saturated rings. The van der Waals surface area contributed by atoms with Crippen molar-refractivity contribution < 1.29 is 18.6 Å². The Balaban J connectivity index is 2.05. The molecule has 0 aliphatic heterocycles. The van der Waals surface area contributed by atoms with Crippen molar-refractivity contribution >= 4 is 0 Å². The topological polar surface area (TPSA) is 41.5 Å². The summed E-state index contributed by atoms with van der Waals surface area (Å²) in [6, 6.07) is 9.31. The van der Waals surface area contributed by atoms with Crippen LogP contribution in [0.4, 0.5) is 8.78 Å².